The molecule has 6 heteroatoms. The minimum Gasteiger partial charge on any atom is -0.339 e. The molecule has 2 N–H and O–H groups in total. The van der Waals surface area contributed by atoms with Gasteiger partial charge in [0.25, 0.3) is 0 Å². The van der Waals surface area contributed by atoms with Gasteiger partial charge in [0.15, 0.2) is 0 Å². The molecule has 2 aliphatic rings. The molecule has 3 rings (SSSR count). The van der Waals surface area contributed by atoms with Crippen molar-refractivity contribution < 1.29 is 4.79 Å². The number of benzene rings is 1. The average Bonchev–Trinajstić information content (AvgIpc) is 3.15. The number of halogens is 3. The second-order valence-electron chi connectivity index (χ2n) is 6.32. The maximum atomic E-state index is 13.1. The zero-order chi connectivity index (χ0) is 15.2. The van der Waals surface area contributed by atoms with Gasteiger partial charge in [-0.2, -0.15) is 0 Å². The van der Waals surface area contributed by atoms with Crippen LogP contribution in [0.4, 0.5) is 0 Å². The van der Waals surface area contributed by atoms with Crippen molar-refractivity contribution >= 4 is 41.5 Å². The number of hydrogen-bond donors (Lipinski definition) is 1. The van der Waals surface area contributed by atoms with Gasteiger partial charge < -0.3 is 10.6 Å². The molecule has 1 aliphatic carbocycles. The first-order chi connectivity index (χ1) is 9.99. The molecule has 0 aromatic heterocycles. The van der Waals surface area contributed by atoms with Gasteiger partial charge in [0.2, 0.25) is 5.91 Å². The third-order valence-electron chi connectivity index (χ3n) is 4.86. The summed E-state index contributed by atoms with van der Waals surface area (Å²) in [4.78, 5) is 15.1. The highest BCUT2D eigenvalue weighted by atomic mass is 35.5. The van der Waals surface area contributed by atoms with E-state index in [4.69, 9.17) is 28.9 Å². The topological polar surface area (TPSA) is 46.3 Å². The molecule has 0 radical (unpaired) electrons. The monoisotopic (exact) mass is 362 g/mol. The molecule has 1 aliphatic heterocycles. The normalized spacial score (nSPS) is 25.7. The van der Waals surface area contributed by atoms with E-state index in [1.165, 1.54) is 0 Å². The SMILES string of the molecule is CC1CC(CN)CN1C(=O)C1(c2c(Cl)cccc2Cl)CC1.Cl. The van der Waals surface area contributed by atoms with Crippen LogP contribution in [0.5, 0.6) is 0 Å². The van der Waals surface area contributed by atoms with Gasteiger partial charge in [0.05, 0.1) is 5.41 Å². The van der Waals surface area contributed by atoms with Gasteiger partial charge in [0, 0.05) is 28.2 Å². The number of carbonyl (C=O) groups is 1. The predicted octanol–water partition coefficient (Wildman–Crippen LogP) is 3.64. The van der Waals surface area contributed by atoms with E-state index in [9.17, 15) is 4.79 Å². The summed E-state index contributed by atoms with van der Waals surface area (Å²) in [5, 5.41) is 1.19. The van der Waals surface area contributed by atoms with Crippen LogP contribution in [0.15, 0.2) is 18.2 Å². The Kier molecular flexibility index (Phi) is 5.33. The molecule has 3 nitrogen and oxygen atoms in total. The first-order valence-corrected chi connectivity index (χ1v) is 8.21. The van der Waals surface area contributed by atoms with Gasteiger partial charge in [-0.1, -0.05) is 29.3 Å². The Morgan fingerprint density at radius 2 is 1.95 bits per heavy atom. The summed E-state index contributed by atoms with van der Waals surface area (Å²) in [7, 11) is 0. The van der Waals surface area contributed by atoms with Crippen molar-refractivity contribution in [2.75, 3.05) is 13.1 Å². The molecule has 1 amide bonds. The van der Waals surface area contributed by atoms with Crippen LogP contribution in [0.1, 0.15) is 31.7 Å². The minimum absolute atomic E-state index is 0. The predicted molar refractivity (Wildman–Crippen MR) is 93.0 cm³/mol. The lowest BCUT2D eigenvalue weighted by Crippen LogP contribution is -2.41. The number of carbonyl (C=O) groups excluding carboxylic acids is 1. The number of hydrogen-bond acceptors (Lipinski definition) is 2. The first-order valence-electron chi connectivity index (χ1n) is 7.45. The fourth-order valence-corrected chi connectivity index (χ4v) is 4.28. The van der Waals surface area contributed by atoms with Gasteiger partial charge in [-0.05, 0) is 50.8 Å². The van der Waals surface area contributed by atoms with Crippen molar-refractivity contribution in [3.8, 4) is 0 Å². The van der Waals surface area contributed by atoms with Gasteiger partial charge in [-0.15, -0.1) is 12.4 Å². The molecule has 2 atom stereocenters. The van der Waals surface area contributed by atoms with Crippen LogP contribution in [-0.4, -0.2) is 29.9 Å². The number of amides is 1. The lowest BCUT2D eigenvalue weighted by molar-refractivity contribution is -0.134. The fraction of sp³-hybridized carbons (Fsp3) is 0.562. The van der Waals surface area contributed by atoms with E-state index in [-0.39, 0.29) is 24.4 Å². The van der Waals surface area contributed by atoms with E-state index >= 15 is 0 Å². The standard InChI is InChI=1S/C16H20Cl2N2O.ClH/c1-10-7-11(8-19)9-20(10)15(21)16(5-6-16)14-12(17)3-2-4-13(14)18;/h2-4,10-11H,5-9,19H2,1H3;1H. The molecular formula is C16H21Cl3N2O. The largest absolute Gasteiger partial charge is 0.339 e. The molecule has 22 heavy (non-hydrogen) atoms. The van der Waals surface area contributed by atoms with Crippen molar-refractivity contribution in [1.29, 1.82) is 0 Å². The van der Waals surface area contributed by atoms with Gasteiger partial charge in [0.1, 0.15) is 0 Å². The molecule has 1 heterocycles. The summed E-state index contributed by atoms with van der Waals surface area (Å²) in [6.45, 7) is 3.48. The van der Waals surface area contributed by atoms with E-state index in [1.54, 1.807) is 0 Å². The molecule has 1 saturated heterocycles. The Bertz CT molecular complexity index is 554. The molecule has 2 fully saturated rings. The van der Waals surface area contributed by atoms with E-state index in [0.29, 0.717) is 22.5 Å². The average molecular weight is 364 g/mol. The second-order valence-corrected chi connectivity index (χ2v) is 7.14. The fourth-order valence-electron chi connectivity index (χ4n) is 3.52. The molecule has 2 unspecified atom stereocenters. The minimum atomic E-state index is -0.507. The van der Waals surface area contributed by atoms with Crippen molar-refractivity contribution in [2.45, 2.75) is 37.6 Å². The summed E-state index contributed by atoms with van der Waals surface area (Å²) in [6.07, 6.45) is 2.63. The maximum absolute atomic E-state index is 13.1. The van der Waals surface area contributed by atoms with Gasteiger partial charge >= 0.3 is 0 Å². The Morgan fingerprint density at radius 1 is 1.36 bits per heavy atom. The van der Waals surface area contributed by atoms with Crippen molar-refractivity contribution in [1.82, 2.24) is 4.90 Å². The second kappa shape index (κ2) is 6.56. The Balaban J connectivity index is 0.00000176. The zero-order valence-electron chi connectivity index (χ0n) is 12.5. The number of rotatable bonds is 3. The first kappa shape index (κ1) is 17.9. The summed E-state index contributed by atoms with van der Waals surface area (Å²) >= 11 is 12.6. The quantitative estimate of drug-likeness (QED) is 0.891. The lowest BCUT2D eigenvalue weighted by atomic mass is 9.93. The Labute approximate surface area is 147 Å². The van der Waals surface area contributed by atoms with Crippen LogP contribution in [-0.2, 0) is 10.2 Å². The van der Waals surface area contributed by atoms with Crippen LogP contribution >= 0.6 is 35.6 Å². The number of nitrogens with two attached hydrogens (primary N) is 1. The molecule has 122 valence electrons. The van der Waals surface area contributed by atoms with Crippen molar-refractivity contribution in [3.63, 3.8) is 0 Å². The smallest absolute Gasteiger partial charge is 0.233 e. The summed E-state index contributed by atoms with van der Waals surface area (Å²) in [6, 6.07) is 5.68. The molecule has 1 aromatic rings. The highest BCUT2D eigenvalue weighted by Gasteiger charge is 2.56. The molecular weight excluding hydrogens is 343 g/mol. The van der Waals surface area contributed by atoms with Crippen LogP contribution in [0, 0.1) is 5.92 Å². The molecule has 1 aromatic carbocycles. The third-order valence-corrected chi connectivity index (χ3v) is 5.49. The highest BCUT2D eigenvalue weighted by molar-refractivity contribution is 6.36. The molecule has 1 saturated carbocycles. The molecule has 0 spiro atoms. The van der Waals surface area contributed by atoms with Crippen LogP contribution in [0.25, 0.3) is 0 Å². The highest BCUT2D eigenvalue weighted by Crippen LogP contribution is 2.54. The summed E-state index contributed by atoms with van der Waals surface area (Å²) in [5.74, 6) is 0.572. The van der Waals surface area contributed by atoms with Crippen molar-refractivity contribution in [2.24, 2.45) is 11.7 Å². The van der Waals surface area contributed by atoms with Crippen molar-refractivity contribution in [3.05, 3.63) is 33.8 Å². The summed E-state index contributed by atoms with van der Waals surface area (Å²) < 4.78 is 0. The van der Waals surface area contributed by atoms with Crippen LogP contribution in [0.3, 0.4) is 0 Å². The number of nitrogens with zero attached hydrogens (tertiary/aromatic N) is 1. The lowest BCUT2D eigenvalue weighted by Gasteiger charge is -2.28. The van der Waals surface area contributed by atoms with E-state index in [1.807, 2.05) is 23.1 Å². The Morgan fingerprint density at radius 3 is 2.41 bits per heavy atom. The zero-order valence-corrected chi connectivity index (χ0v) is 14.8. The van der Waals surface area contributed by atoms with Gasteiger partial charge in [-0.25, -0.2) is 0 Å². The van der Waals surface area contributed by atoms with E-state index < -0.39 is 5.41 Å². The van der Waals surface area contributed by atoms with Gasteiger partial charge in [-0.3, -0.25) is 4.79 Å². The third kappa shape index (κ3) is 2.84. The molecule has 0 bridgehead atoms. The van der Waals surface area contributed by atoms with Crippen LogP contribution in [0.2, 0.25) is 10.0 Å². The Hall–Kier alpha value is -0.480. The summed E-state index contributed by atoms with van der Waals surface area (Å²) in [5.41, 5.74) is 6.06. The van der Waals surface area contributed by atoms with Crippen LogP contribution < -0.4 is 5.73 Å². The maximum Gasteiger partial charge on any atom is 0.233 e. The van der Waals surface area contributed by atoms with E-state index in [2.05, 4.69) is 6.92 Å². The number of likely N-dealkylation sites (tertiary alicyclic amines) is 1. The van der Waals surface area contributed by atoms with E-state index in [0.717, 1.165) is 31.4 Å².